The number of amides is 1. The van der Waals surface area contributed by atoms with E-state index in [1.807, 2.05) is 31.2 Å². The molecule has 7 nitrogen and oxygen atoms in total. The van der Waals surface area contributed by atoms with Crippen LogP contribution in [0.5, 0.6) is 0 Å². The third-order valence-electron chi connectivity index (χ3n) is 4.14. The third kappa shape index (κ3) is 3.10. The molecule has 1 aromatic carbocycles. The molecule has 3 heterocycles. The fourth-order valence-electron chi connectivity index (χ4n) is 2.86. The van der Waals surface area contributed by atoms with Gasteiger partial charge in [-0.1, -0.05) is 12.1 Å². The Labute approximate surface area is 149 Å². The highest BCUT2D eigenvalue weighted by molar-refractivity contribution is 8.26. The summed E-state index contributed by atoms with van der Waals surface area (Å²) >= 11 is 1.30. The fraction of sp³-hybridized carbons (Fsp3) is 0.294. The molecule has 3 aliphatic heterocycles. The molecule has 3 aliphatic rings. The van der Waals surface area contributed by atoms with Gasteiger partial charge in [0.2, 0.25) is 5.17 Å². The first-order chi connectivity index (χ1) is 12.1. The highest BCUT2D eigenvalue weighted by Gasteiger charge is 2.34. The van der Waals surface area contributed by atoms with Gasteiger partial charge in [-0.3, -0.25) is 10.2 Å². The summed E-state index contributed by atoms with van der Waals surface area (Å²) in [5, 5.41) is 15.1. The number of hydrogen-bond acceptors (Lipinski definition) is 6. The van der Waals surface area contributed by atoms with Crippen LogP contribution in [0.4, 0.5) is 5.69 Å². The third-order valence-corrected chi connectivity index (χ3v) is 4.96. The minimum Gasteiger partial charge on any atom is -0.378 e. The number of aliphatic imine (C=N–C) groups is 1. The SMILES string of the molecule is CC1=NN2C(=N)/C(=C\c3ccc(N4CCOCC4)cc3)C(=O)N=C2S1. The van der Waals surface area contributed by atoms with E-state index in [1.165, 1.54) is 16.8 Å². The Morgan fingerprint density at radius 1 is 1.24 bits per heavy atom. The van der Waals surface area contributed by atoms with Crippen LogP contribution in [0.2, 0.25) is 0 Å². The maximum absolute atomic E-state index is 12.3. The van der Waals surface area contributed by atoms with Gasteiger partial charge in [0.05, 0.1) is 23.8 Å². The summed E-state index contributed by atoms with van der Waals surface area (Å²) in [7, 11) is 0. The van der Waals surface area contributed by atoms with Crippen molar-refractivity contribution >= 4 is 45.5 Å². The van der Waals surface area contributed by atoms with Gasteiger partial charge in [0.1, 0.15) is 0 Å². The lowest BCUT2D eigenvalue weighted by Crippen LogP contribution is -2.36. The second kappa shape index (κ2) is 6.45. The monoisotopic (exact) mass is 355 g/mol. The number of ether oxygens (including phenoxy) is 1. The van der Waals surface area contributed by atoms with Crippen molar-refractivity contribution in [3.8, 4) is 0 Å². The zero-order valence-electron chi connectivity index (χ0n) is 13.7. The molecule has 0 aliphatic carbocycles. The first kappa shape index (κ1) is 16.0. The molecule has 128 valence electrons. The summed E-state index contributed by atoms with van der Waals surface area (Å²) in [6, 6.07) is 7.95. The van der Waals surface area contributed by atoms with E-state index in [0.29, 0.717) is 5.17 Å². The zero-order valence-corrected chi connectivity index (χ0v) is 14.5. The number of rotatable bonds is 2. The van der Waals surface area contributed by atoms with Gasteiger partial charge < -0.3 is 9.64 Å². The van der Waals surface area contributed by atoms with Crippen LogP contribution in [0.15, 0.2) is 39.9 Å². The molecule has 0 radical (unpaired) electrons. The second-order valence-electron chi connectivity index (χ2n) is 5.83. The summed E-state index contributed by atoms with van der Waals surface area (Å²) in [4.78, 5) is 18.6. The molecule has 0 saturated carbocycles. The Morgan fingerprint density at radius 3 is 2.68 bits per heavy atom. The Hall–Kier alpha value is -2.45. The molecule has 0 unspecified atom stereocenters. The van der Waals surface area contributed by atoms with E-state index in [2.05, 4.69) is 15.0 Å². The topological polar surface area (TPSA) is 81.4 Å². The number of carbonyl (C=O) groups is 1. The number of hydrazone groups is 1. The summed E-state index contributed by atoms with van der Waals surface area (Å²) in [6.07, 6.45) is 1.70. The standard InChI is InChI=1S/C17H17N5O2S/c1-11-20-22-15(18)14(16(23)19-17(22)25-11)10-12-2-4-13(5-3-12)21-6-8-24-9-7-21/h2-5,10,18H,6-9H2,1H3/b14-10+,18-15?. The Kier molecular flexibility index (Phi) is 4.14. The predicted octanol–water partition coefficient (Wildman–Crippen LogP) is 2.16. The van der Waals surface area contributed by atoms with Crippen molar-refractivity contribution < 1.29 is 9.53 Å². The summed E-state index contributed by atoms with van der Waals surface area (Å²) in [5.41, 5.74) is 2.24. The van der Waals surface area contributed by atoms with Crippen molar-refractivity contribution in [2.24, 2.45) is 10.1 Å². The normalized spacial score (nSPS) is 22.2. The molecule has 8 heteroatoms. The molecule has 0 spiro atoms. The lowest BCUT2D eigenvalue weighted by molar-refractivity contribution is -0.114. The zero-order chi connectivity index (χ0) is 17.4. The minimum absolute atomic E-state index is 0.0663. The van der Waals surface area contributed by atoms with Crippen LogP contribution in [-0.4, -0.2) is 53.3 Å². The average Bonchev–Trinajstić information content (AvgIpc) is 3.00. The molecular weight excluding hydrogens is 338 g/mol. The second-order valence-corrected chi connectivity index (χ2v) is 6.99. The largest absolute Gasteiger partial charge is 0.378 e. The number of hydrogen-bond donors (Lipinski definition) is 1. The van der Waals surface area contributed by atoms with E-state index in [9.17, 15) is 4.79 Å². The van der Waals surface area contributed by atoms with E-state index >= 15 is 0 Å². The maximum atomic E-state index is 12.3. The van der Waals surface area contributed by atoms with Crippen molar-refractivity contribution in [1.29, 1.82) is 5.41 Å². The Bertz CT molecular complexity index is 822. The summed E-state index contributed by atoms with van der Waals surface area (Å²) < 4.78 is 5.37. The van der Waals surface area contributed by atoms with Crippen molar-refractivity contribution in [1.82, 2.24) is 5.01 Å². The van der Waals surface area contributed by atoms with Crippen molar-refractivity contribution in [3.63, 3.8) is 0 Å². The molecule has 1 fully saturated rings. The van der Waals surface area contributed by atoms with Gasteiger partial charge in [-0.25, -0.2) is 0 Å². The Morgan fingerprint density at radius 2 is 1.96 bits per heavy atom. The van der Waals surface area contributed by atoms with Crippen LogP contribution in [0.3, 0.4) is 0 Å². The van der Waals surface area contributed by atoms with E-state index in [1.54, 1.807) is 6.08 Å². The number of fused-ring (bicyclic) bond motifs is 1. The van der Waals surface area contributed by atoms with Gasteiger partial charge in [0, 0.05) is 18.8 Å². The molecule has 1 N–H and O–H groups in total. The maximum Gasteiger partial charge on any atom is 0.283 e. The molecular formula is C17H17N5O2S. The van der Waals surface area contributed by atoms with Gasteiger partial charge in [-0.2, -0.15) is 15.1 Å². The number of anilines is 1. The molecule has 25 heavy (non-hydrogen) atoms. The summed E-state index contributed by atoms with van der Waals surface area (Å²) in [6.45, 7) is 5.07. The summed E-state index contributed by atoms with van der Waals surface area (Å²) in [5.74, 6) is -0.331. The number of amidine groups is 2. The number of nitrogens with zero attached hydrogens (tertiary/aromatic N) is 4. The number of carbonyl (C=O) groups excluding carboxylic acids is 1. The van der Waals surface area contributed by atoms with E-state index < -0.39 is 5.91 Å². The molecule has 0 bridgehead atoms. The van der Waals surface area contributed by atoms with E-state index in [0.717, 1.165) is 42.6 Å². The molecule has 0 aromatic heterocycles. The number of morpholine rings is 1. The van der Waals surface area contributed by atoms with Crippen LogP contribution in [0, 0.1) is 5.41 Å². The van der Waals surface area contributed by atoms with Crippen LogP contribution >= 0.6 is 11.8 Å². The minimum atomic E-state index is -0.397. The first-order valence-electron chi connectivity index (χ1n) is 8.01. The predicted molar refractivity (Wildman–Crippen MR) is 100 cm³/mol. The van der Waals surface area contributed by atoms with Crippen molar-refractivity contribution in [2.45, 2.75) is 6.92 Å². The van der Waals surface area contributed by atoms with Crippen LogP contribution < -0.4 is 4.90 Å². The molecule has 1 saturated heterocycles. The van der Waals surface area contributed by atoms with Crippen molar-refractivity contribution in [2.75, 3.05) is 31.2 Å². The fourth-order valence-corrected chi connectivity index (χ4v) is 3.59. The van der Waals surface area contributed by atoms with Gasteiger partial charge in [0.25, 0.3) is 5.91 Å². The highest BCUT2D eigenvalue weighted by Crippen LogP contribution is 2.28. The quantitative estimate of drug-likeness (QED) is 0.822. The van der Waals surface area contributed by atoms with Crippen LogP contribution in [0.25, 0.3) is 6.08 Å². The lowest BCUT2D eigenvalue weighted by Gasteiger charge is -2.28. The number of nitrogens with one attached hydrogen (secondary N) is 1. The van der Waals surface area contributed by atoms with E-state index in [-0.39, 0.29) is 11.4 Å². The van der Waals surface area contributed by atoms with Gasteiger partial charge in [0.15, 0.2) is 5.84 Å². The van der Waals surface area contributed by atoms with Gasteiger partial charge in [-0.15, -0.1) is 0 Å². The van der Waals surface area contributed by atoms with Gasteiger partial charge >= 0.3 is 0 Å². The van der Waals surface area contributed by atoms with Crippen molar-refractivity contribution in [3.05, 3.63) is 35.4 Å². The average molecular weight is 355 g/mol. The molecule has 0 atom stereocenters. The molecule has 1 amide bonds. The highest BCUT2D eigenvalue weighted by atomic mass is 32.2. The molecule has 1 aromatic rings. The van der Waals surface area contributed by atoms with Crippen LogP contribution in [0.1, 0.15) is 12.5 Å². The molecule has 4 rings (SSSR count). The first-order valence-corrected chi connectivity index (χ1v) is 8.83. The van der Waals surface area contributed by atoms with E-state index in [4.69, 9.17) is 10.1 Å². The number of benzene rings is 1. The number of thioether (sulfide) groups is 1. The lowest BCUT2D eigenvalue weighted by atomic mass is 10.1. The smallest absolute Gasteiger partial charge is 0.283 e. The van der Waals surface area contributed by atoms with Gasteiger partial charge in [-0.05, 0) is 42.5 Å². The van der Waals surface area contributed by atoms with Crippen LogP contribution in [-0.2, 0) is 9.53 Å². The Balaban J connectivity index is 1.58.